The molecule has 0 aliphatic rings. The molecule has 42 heavy (non-hydrogen) atoms. The summed E-state index contributed by atoms with van der Waals surface area (Å²) in [6, 6.07) is 25.4. The van der Waals surface area contributed by atoms with Crippen LogP contribution in [0.3, 0.4) is 0 Å². The normalized spacial score (nSPS) is 11.2. The second-order valence-electron chi connectivity index (χ2n) is 8.75. The Morgan fingerprint density at radius 2 is 1.62 bits per heavy atom. The van der Waals surface area contributed by atoms with E-state index in [9.17, 15) is 13.2 Å². The number of hydrogen-bond donors (Lipinski definition) is 1. The molecule has 4 aromatic carbocycles. The Labute approximate surface area is 257 Å². The smallest absolute Gasteiger partial charge is 0.264 e. The van der Waals surface area contributed by atoms with Gasteiger partial charge in [0.1, 0.15) is 18.9 Å². The van der Waals surface area contributed by atoms with Gasteiger partial charge in [0, 0.05) is 0 Å². The summed E-state index contributed by atoms with van der Waals surface area (Å²) < 4.78 is 45.2. The Morgan fingerprint density at radius 1 is 0.952 bits per heavy atom. The second-order valence-corrected chi connectivity index (χ2v) is 11.9. The highest BCUT2D eigenvalue weighted by Gasteiger charge is 2.27. The molecule has 0 heterocycles. The summed E-state index contributed by atoms with van der Waals surface area (Å²) in [5.74, 6) is 0.670. The van der Waals surface area contributed by atoms with Crippen molar-refractivity contribution >= 4 is 55.4 Å². The Hall–Kier alpha value is -4.06. The van der Waals surface area contributed by atoms with Crippen LogP contribution in [0.1, 0.15) is 11.1 Å². The average molecular weight is 673 g/mol. The van der Waals surface area contributed by atoms with Crippen LogP contribution in [0.2, 0.25) is 5.02 Å². The number of hydrazone groups is 1. The molecule has 0 aliphatic heterocycles. The van der Waals surface area contributed by atoms with Gasteiger partial charge < -0.3 is 14.2 Å². The van der Waals surface area contributed by atoms with Gasteiger partial charge >= 0.3 is 0 Å². The molecule has 4 aromatic rings. The van der Waals surface area contributed by atoms with E-state index in [0.717, 1.165) is 9.87 Å². The molecule has 0 fully saturated rings. The highest BCUT2D eigenvalue weighted by atomic mass is 79.9. The van der Waals surface area contributed by atoms with Crippen molar-refractivity contribution in [1.29, 1.82) is 0 Å². The van der Waals surface area contributed by atoms with E-state index in [4.69, 9.17) is 25.8 Å². The van der Waals surface area contributed by atoms with Crippen molar-refractivity contribution in [2.45, 2.75) is 11.5 Å². The van der Waals surface area contributed by atoms with E-state index in [2.05, 4.69) is 26.5 Å². The number of anilines is 1. The predicted octanol–water partition coefficient (Wildman–Crippen LogP) is 6.04. The van der Waals surface area contributed by atoms with Crippen molar-refractivity contribution in [3.8, 4) is 17.2 Å². The molecule has 9 nitrogen and oxygen atoms in total. The van der Waals surface area contributed by atoms with Gasteiger partial charge in [-0.3, -0.25) is 9.10 Å². The molecule has 0 radical (unpaired) electrons. The number of rotatable bonds is 12. The number of nitrogens with zero attached hydrogens (tertiary/aromatic N) is 2. The van der Waals surface area contributed by atoms with E-state index < -0.39 is 22.5 Å². The molecule has 1 amide bonds. The maximum atomic E-state index is 13.5. The summed E-state index contributed by atoms with van der Waals surface area (Å²) in [5.41, 5.74) is 4.17. The SMILES string of the molecule is COc1ccc(N(CC(=O)N/N=C\c2cc(Br)c(OCc3ccccc3)c(OC)c2)S(=O)(=O)c2ccccc2)cc1Cl. The van der Waals surface area contributed by atoms with E-state index >= 15 is 0 Å². The summed E-state index contributed by atoms with van der Waals surface area (Å²) in [6.45, 7) is -0.211. The molecular formula is C30H27BrClN3O6S. The van der Waals surface area contributed by atoms with E-state index in [0.29, 0.717) is 33.9 Å². The predicted molar refractivity (Wildman–Crippen MR) is 166 cm³/mol. The largest absolute Gasteiger partial charge is 0.495 e. The lowest BCUT2D eigenvalue weighted by Crippen LogP contribution is -2.39. The number of nitrogens with one attached hydrogen (secondary N) is 1. The first-order chi connectivity index (χ1) is 20.2. The average Bonchev–Trinajstić information content (AvgIpc) is 3.00. The number of methoxy groups -OCH3 is 2. The van der Waals surface area contributed by atoms with Crippen molar-refractivity contribution in [2.24, 2.45) is 5.10 Å². The van der Waals surface area contributed by atoms with Gasteiger partial charge in [0.15, 0.2) is 11.5 Å². The van der Waals surface area contributed by atoms with Crippen molar-refractivity contribution in [3.05, 3.63) is 112 Å². The number of carbonyl (C=O) groups is 1. The number of hydrogen-bond acceptors (Lipinski definition) is 7. The van der Waals surface area contributed by atoms with E-state index in [1.807, 2.05) is 30.3 Å². The zero-order valence-corrected chi connectivity index (χ0v) is 25.8. The molecule has 0 bridgehead atoms. The third-order valence-corrected chi connectivity index (χ3v) is 8.59. The third-order valence-electron chi connectivity index (χ3n) is 5.92. The summed E-state index contributed by atoms with van der Waals surface area (Å²) in [6.07, 6.45) is 1.41. The van der Waals surface area contributed by atoms with Crippen molar-refractivity contribution in [1.82, 2.24) is 5.43 Å². The van der Waals surface area contributed by atoms with Crippen LogP contribution in [-0.2, 0) is 21.4 Å². The fraction of sp³-hybridized carbons (Fsp3) is 0.133. The maximum absolute atomic E-state index is 13.5. The number of ether oxygens (including phenoxy) is 3. The van der Waals surface area contributed by atoms with Crippen LogP contribution in [0, 0.1) is 0 Å². The lowest BCUT2D eigenvalue weighted by Gasteiger charge is -2.24. The van der Waals surface area contributed by atoms with Gasteiger partial charge in [0.05, 0.1) is 40.5 Å². The summed E-state index contributed by atoms with van der Waals surface area (Å²) in [5, 5.41) is 4.21. The van der Waals surface area contributed by atoms with E-state index in [-0.39, 0.29) is 15.6 Å². The lowest BCUT2D eigenvalue weighted by atomic mass is 10.2. The molecule has 1 N–H and O–H groups in total. The zero-order chi connectivity index (χ0) is 30.1. The maximum Gasteiger partial charge on any atom is 0.264 e. The highest BCUT2D eigenvalue weighted by molar-refractivity contribution is 9.10. The van der Waals surface area contributed by atoms with Crippen molar-refractivity contribution in [2.75, 3.05) is 25.1 Å². The molecule has 0 atom stereocenters. The van der Waals surface area contributed by atoms with Gasteiger partial charge in [0.25, 0.3) is 15.9 Å². The van der Waals surface area contributed by atoms with Gasteiger partial charge in [-0.05, 0) is 69.5 Å². The minimum Gasteiger partial charge on any atom is -0.495 e. The quantitative estimate of drug-likeness (QED) is 0.145. The molecule has 0 unspecified atom stereocenters. The first-order valence-electron chi connectivity index (χ1n) is 12.5. The third kappa shape index (κ3) is 7.61. The summed E-state index contributed by atoms with van der Waals surface area (Å²) in [7, 11) is -1.15. The van der Waals surface area contributed by atoms with Crippen molar-refractivity contribution < 1.29 is 27.4 Å². The van der Waals surface area contributed by atoms with Crippen LogP contribution in [0.5, 0.6) is 17.2 Å². The first kappa shape index (κ1) is 30.9. The molecule has 4 rings (SSSR count). The molecule has 218 valence electrons. The number of carbonyl (C=O) groups excluding carboxylic acids is 1. The molecule has 12 heteroatoms. The second kappa shape index (κ2) is 14.2. The van der Waals surface area contributed by atoms with Gasteiger partial charge in [-0.25, -0.2) is 13.8 Å². The molecular weight excluding hydrogens is 646 g/mol. The van der Waals surface area contributed by atoms with Crippen LogP contribution in [0.4, 0.5) is 5.69 Å². The Bertz CT molecular complexity index is 1670. The van der Waals surface area contributed by atoms with Gasteiger partial charge in [0.2, 0.25) is 0 Å². The Kier molecular flexibility index (Phi) is 10.5. The molecule has 0 saturated heterocycles. The fourth-order valence-electron chi connectivity index (χ4n) is 3.87. The van der Waals surface area contributed by atoms with Crippen LogP contribution >= 0.6 is 27.5 Å². The number of amides is 1. The topological polar surface area (TPSA) is 107 Å². The molecule has 0 saturated carbocycles. The zero-order valence-electron chi connectivity index (χ0n) is 22.7. The first-order valence-corrected chi connectivity index (χ1v) is 15.1. The summed E-state index contributed by atoms with van der Waals surface area (Å²) >= 11 is 9.77. The highest BCUT2D eigenvalue weighted by Crippen LogP contribution is 2.37. The van der Waals surface area contributed by atoms with Crippen LogP contribution in [-0.4, -0.2) is 41.3 Å². The van der Waals surface area contributed by atoms with E-state index in [1.165, 1.54) is 50.8 Å². The van der Waals surface area contributed by atoms with Crippen LogP contribution < -0.4 is 23.9 Å². The monoisotopic (exact) mass is 671 g/mol. The number of benzene rings is 4. The minimum absolute atomic E-state index is 0.0137. The van der Waals surface area contributed by atoms with Crippen molar-refractivity contribution in [3.63, 3.8) is 0 Å². The Balaban J connectivity index is 1.51. The molecule has 0 aliphatic carbocycles. The standard InChI is InChI=1S/C30H27BrClN3O6S/c1-39-27-14-13-23(17-26(27)32)35(42(37,38)24-11-7-4-8-12-24)19-29(36)34-33-18-22-15-25(31)30(28(16-22)40-2)41-20-21-9-5-3-6-10-21/h3-18H,19-20H2,1-2H3,(H,34,36)/b33-18-. The van der Waals surface area contributed by atoms with Gasteiger partial charge in [-0.1, -0.05) is 60.1 Å². The van der Waals surface area contributed by atoms with Crippen LogP contribution in [0.25, 0.3) is 0 Å². The van der Waals surface area contributed by atoms with Gasteiger partial charge in [-0.2, -0.15) is 5.10 Å². The number of halogens is 2. The van der Waals surface area contributed by atoms with E-state index in [1.54, 1.807) is 30.3 Å². The Morgan fingerprint density at radius 3 is 2.26 bits per heavy atom. The van der Waals surface area contributed by atoms with Gasteiger partial charge in [-0.15, -0.1) is 0 Å². The lowest BCUT2D eigenvalue weighted by molar-refractivity contribution is -0.119. The molecule has 0 spiro atoms. The van der Waals surface area contributed by atoms with Crippen LogP contribution in [0.15, 0.2) is 105 Å². The summed E-state index contributed by atoms with van der Waals surface area (Å²) in [4.78, 5) is 12.9. The fourth-order valence-corrected chi connectivity index (χ4v) is 6.13. The number of sulfonamides is 1. The molecule has 0 aromatic heterocycles. The minimum atomic E-state index is -4.12.